The molecule has 2 N–H and O–H groups in total. The van der Waals surface area contributed by atoms with Crippen molar-refractivity contribution in [1.82, 2.24) is 0 Å². The molecule has 0 fully saturated rings. The van der Waals surface area contributed by atoms with Gasteiger partial charge in [0.25, 0.3) is 0 Å². The van der Waals surface area contributed by atoms with Gasteiger partial charge in [0.05, 0.1) is 11.6 Å². The van der Waals surface area contributed by atoms with E-state index in [2.05, 4.69) is 0 Å². The summed E-state index contributed by atoms with van der Waals surface area (Å²) in [4.78, 5) is 11.4. The predicted molar refractivity (Wildman–Crippen MR) is 49.1 cm³/mol. The third-order valence-electron chi connectivity index (χ3n) is 1.80. The first kappa shape index (κ1) is 9.86. The fraction of sp³-hybridized carbons (Fsp3) is 0.300. The van der Waals surface area contributed by atoms with Crippen LogP contribution in [-0.4, -0.2) is 11.8 Å². The van der Waals surface area contributed by atoms with Crippen molar-refractivity contribution in [1.29, 1.82) is 0 Å². The summed E-state index contributed by atoms with van der Waals surface area (Å²) in [6.07, 6.45) is 0. The summed E-state index contributed by atoms with van der Waals surface area (Å²) in [5.74, 6) is -0.867. The van der Waals surface area contributed by atoms with Gasteiger partial charge in [-0.1, -0.05) is 11.6 Å². The summed E-state index contributed by atoms with van der Waals surface area (Å²) in [7, 11) is 0. The number of carbonyl (C=O) groups excluding carboxylic acids is 1. The van der Waals surface area contributed by atoms with Gasteiger partial charge in [-0.05, 0) is 26.0 Å². The summed E-state index contributed by atoms with van der Waals surface area (Å²) < 4.78 is 13.1. The van der Waals surface area contributed by atoms with E-state index in [1.165, 1.54) is 12.1 Å². The Hall–Kier alpha value is -1.22. The molecule has 2 nitrogen and oxygen atoms in total. The van der Waals surface area contributed by atoms with E-state index in [-0.39, 0.29) is 11.3 Å². The third kappa shape index (κ3) is 2.12. The summed E-state index contributed by atoms with van der Waals surface area (Å²) in [6, 6.07) is 3.76. The van der Waals surface area contributed by atoms with Gasteiger partial charge >= 0.3 is 0 Å². The van der Waals surface area contributed by atoms with Gasteiger partial charge in [-0.15, -0.1) is 0 Å². The largest absolute Gasteiger partial charge is 0.321 e. The van der Waals surface area contributed by atoms with Crippen molar-refractivity contribution in [3.63, 3.8) is 0 Å². The lowest BCUT2D eigenvalue weighted by Crippen LogP contribution is -2.27. The molecule has 3 heteroatoms. The fourth-order valence-electron chi connectivity index (χ4n) is 1.07. The van der Waals surface area contributed by atoms with E-state index in [0.717, 1.165) is 5.56 Å². The predicted octanol–water partition coefficient (Wildman–Crippen LogP) is 1.66. The Kier molecular flexibility index (Phi) is 2.78. The molecule has 1 aromatic carbocycles. The lowest BCUT2D eigenvalue weighted by atomic mass is 10.0. The molecule has 0 heterocycles. The summed E-state index contributed by atoms with van der Waals surface area (Å²) in [6.45, 7) is 3.35. The van der Waals surface area contributed by atoms with E-state index >= 15 is 0 Å². The number of Topliss-reactive ketones (excluding diaryl/α,β-unsaturated/α-hetero) is 1. The van der Waals surface area contributed by atoms with E-state index in [1.807, 2.05) is 0 Å². The second-order valence-electron chi connectivity index (χ2n) is 3.14. The molecule has 0 saturated carbocycles. The second-order valence-corrected chi connectivity index (χ2v) is 3.14. The van der Waals surface area contributed by atoms with Gasteiger partial charge in [-0.25, -0.2) is 4.39 Å². The topological polar surface area (TPSA) is 43.1 Å². The van der Waals surface area contributed by atoms with Crippen LogP contribution < -0.4 is 5.73 Å². The van der Waals surface area contributed by atoms with Gasteiger partial charge in [-0.3, -0.25) is 4.79 Å². The van der Waals surface area contributed by atoms with Crippen LogP contribution in [0.5, 0.6) is 0 Å². The number of rotatable bonds is 2. The highest BCUT2D eigenvalue weighted by Gasteiger charge is 2.14. The van der Waals surface area contributed by atoms with Crippen LogP contribution in [0.3, 0.4) is 0 Å². The maximum atomic E-state index is 13.1. The summed E-state index contributed by atoms with van der Waals surface area (Å²) in [5, 5.41) is 0. The number of aryl methyl sites for hydroxylation is 1. The van der Waals surface area contributed by atoms with Gasteiger partial charge in [0.1, 0.15) is 5.82 Å². The van der Waals surface area contributed by atoms with Crippen molar-refractivity contribution in [2.45, 2.75) is 19.9 Å². The van der Waals surface area contributed by atoms with Gasteiger partial charge in [0.15, 0.2) is 5.78 Å². The average Bonchev–Trinajstić information content (AvgIpc) is 2.08. The molecule has 0 aliphatic rings. The Morgan fingerprint density at radius 3 is 2.69 bits per heavy atom. The molecule has 0 radical (unpaired) electrons. The molecule has 0 aromatic heterocycles. The fourth-order valence-corrected chi connectivity index (χ4v) is 1.07. The highest BCUT2D eigenvalue weighted by molar-refractivity contribution is 6.00. The van der Waals surface area contributed by atoms with E-state index in [4.69, 9.17) is 5.73 Å². The first-order valence-electron chi connectivity index (χ1n) is 4.08. The Morgan fingerprint density at radius 2 is 2.15 bits per heavy atom. The molecule has 0 saturated heterocycles. The number of halogens is 1. The smallest absolute Gasteiger partial charge is 0.182 e. The molecule has 1 atom stereocenters. The molecule has 0 amide bonds. The molecule has 1 rings (SSSR count). The minimum atomic E-state index is -0.656. The zero-order valence-electron chi connectivity index (χ0n) is 7.67. The van der Waals surface area contributed by atoms with Crippen LogP contribution in [0.25, 0.3) is 0 Å². The van der Waals surface area contributed by atoms with Crippen LogP contribution in [0, 0.1) is 12.7 Å². The summed E-state index contributed by atoms with van der Waals surface area (Å²) >= 11 is 0. The molecule has 1 aromatic rings. The van der Waals surface area contributed by atoms with E-state index in [0.29, 0.717) is 0 Å². The van der Waals surface area contributed by atoms with Gasteiger partial charge in [0.2, 0.25) is 0 Å². The molecule has 13 heavy (non-hydrogen) atoms. The average molecular weight is 181 g/mol. The third-order valence-corrected chi connectivity index (χ3v) is 1.80. The number of carbonyl (C=O) groups is 1. The minimum absolute atomic E-state index is 0.0787. The zero-order valence-corrected chi connectivity index (χ0v) is 7.67. The molecule has 1 unspecified atom stereocenters. The SMILES string of the molecule is Cc1ccc(F)c(C(=O)C(C)N)c1. The summed E-state index contributed by atoms with van der Waals surface area (Å²) in [5.41, 5.74) is 6.30. The maximum Gasteiger partial charge on any atom is 0.182 e. The van der Waals surface area contributed by atoms with E-state index in [1.54, 1.807) is 19.9 Å². The van der Waals surface area contributed by atoms with E-state index in [9.17, 15) is 9.18 Å². The lowest BCUT2D eigenvalue weighted by Gasteiger charge is -2.05. The highest BCUT2D eigenvalue weighted by Crippen LogP contribution is 2.11. The van der Waals surface area contributed by atoms with Crippen molar-refractivity contribution in [2.24, 2.45) is 5.73 Å². The number of nitrogens with two attached hydrogens (primary N) is 1. The van der Waals surface area contributed by atoms with Crippen LogP contribution in [-0.2, 0) is 0 Å². The Morgan fingerprint density at radius 1 is 1.54 bits per heavy atom. The van der Waals surface area contributed by atoms with Crippen LogP contribution in [0.4, 0.5) is 4.39 Å². The van der Waals surface area contributed by atoms with Crippen LogP contribution in [0.1, 0.15) is 22.8 Å². The van der Waals surface area contributed by atoms with E-state index < -0.39 is 11.9 Å². The normalized spacial score (nSPS) is 12.6. The molecule has 70 valence electrons. The molecular weight excluding hydrogens is 169 g/mol. The first-order valence-corrected chi connectivity index (χ1v) is 4.08. The minimum Gasteiger partial charge on any atom is -0.321 e. The quantitative estimate of drug-likeness (QED) is 0.705. The van der Waals surface area contributed by atoms with Gasteiger partial charge < -0.3 is 5.73 Å². The monoisotopic (exact) mass is 181 g/mol. The zero-order chi connectivity index (χ0) is 10.0. The standard InChI is InChI=1S/C10H12FNO/c1-6-3-4-9(11)8(5-6)10(13)7(2)12/h3-5,7H,12H2,1-2H3. The van der Waals surface area contributed by atoms with Crippen LogP contribution in [0.15, 0.2) is 18.2 Å². The molecular formula is C10H12FNO. The number of ketones is 1. The maximum absolute atomic E-state index is 13.1. The molecule has 0 aliphatic carbocycles. The number of hydrogen-bond donors (Lipinski definition) is 1. The van der Waals surface area contributed by atoms with Crippen LogP contribution in [0.2, 0.25) is 0 Å². The lowest BCUT2D eigenvalue weighted by molar-refractivity contribution is 0.0964. The Bertz CT molecular complexity index is 334. The van der Waals surface area contributed by atoms with Crippen molar-refractivity contribution < 1.29 is 9.18 Å². The van der Waals surface area contributed by atoms with Gasteiger partial charge in [-0.2, -0.15) is 0 Å². The van der Waals surface area contributed by atoms with Crippen molar-refractivity contribution in [2.75, 3.05) is 0 Å². The molecule has 0 aliphatic heterocycles. The number of benzene rings is 1. The molecule has 0 spiro atoms. The second kappa shape index (κ2) is 3.66. The molecule has 0 bridgehead atoms. The van der Waals surface area contributed by atoms with Crippen molar-refractivity contribution >= 4 is 5.78 Å². The van der Waals surface area contributed by atoms with Crippen molar-refractivity contribution in [3.8, 4) is 0 Å². The highest BCUT2D eigenvalue weighted by atomic mass is 19.1. The Balaban J connectivity index is 3.13. The number of hydrogen-bond acceptors (Lipinski definition) is 2. The van der Waals surface area contributed by atoms with Gasteiger partial charge in [0, 0.05) is 0 Å². The Labute approximate surface area is 76.6 Å². The van der Waals surface area contributed by atoms with Crippen LogP contribution >= 0.6 is 0 Å². The van der Waals surface area contributed by atoms with Crippen molar-refractivity contribution in [3.05, 3.63) is 35.1 Å². The first-order chi connectivity index (χ1) is 6.02.